The first-order valence-electron chi connectivity index (χ1n) is 12.0. The Balaban J connectivity index is 1.74. The lowest BCUT2D eigenvalue weighted by atomic mass is 9.88. The maximum Gasteiger partial charge on any atom is 0.203 e. The summed E-state index contributed by atoms with van der Waals surface area (Å²) in [6.07, 6.45) is 1.55. The van der Waals surface area contributed by atoms with Crippen LogP contribution in [0.1, 0.15) is 41.3 Å². The highest BCUT2D eigenvalue weighted by Gasteiger charge is 2.30. The summed E-state index contributed by atoms with van der Waals surface area (Å²) in [5.74, 6) is 2.93. The van der Waals surface area contributed by atoms with E-state index in [0.717, 1.165) is 47.7 Å². The molecule has 0 saturated heterocycles. The zero-order valence-electron chi connectivity index (χ0n) is 21.6. The molecular weight excluding hydrogens is 440 g/mol. The van der Waals surface area contributed by atoms with Crippen molar-refractivity contribution in [3.8, 4) is 23.0 Å². The zero-order valence-corrected chi connectivity index (χ0v) is 21.6. The highest BCUT2D eigenvalue weighted by molar-refractivity contribution is 5.61. The van der Waals surface area contributed by atoms with Gasteiger partial charge in [-0.15, -0.1) is 0 Å². The lowest BCUT2D eigenvalue weighted by Gasteiger charge is -2.32. The van der Waals surface area contributed by atoms with Crippen molar-refractivity contribution in [3.63, 3.8) is 0 Å². The molecule has 0 aliphatic carbocycles. The molecule has 186 valence electrons. The quantitative estimate of drug-likeness (QED) is 0.449. The number of fused-ring (bicyclic) bond motifs is 1. The van der Waals surface area contributed by atoms with Gasteiger partial charge in [-0.05, 0) is 73.3 Å². The minimum Gasteiger partial charge on any atom is -0.497 e. The molecule has 2 atom stereocenters. The fraction of sp³-hybridized carbons (Fsp3) is 0.379. The van der Waals surface area contributed by atoms with Gasteiger partial charge in [0.2, 0.25) is 5.75 Å². The molecule has 6 nitrogen and oxygen atoms in total. The predicted octanol–water partition coefficient (Wildman–Crippen LogP) is 5.35. The van der Waals surface area contributed by atoms with Crippen molar-refractivity contribution < 1.29 is 18.9 Å². The molecule has 0 aromatic heterocycles. The second-order valence-electron chi connectivity index (χ2n) is 9.07. The van der Waals surface area contributed by atoms with Crippen molar-refractivity contribution in [1.82, 2.24) is 5.32 Å². The summed E-state index contributed by atoms with van der Waals surface area (Å²) in [7, 11) is 9.12. The Morgan fingerprint density at radius 1 is 0.943 bits per heavy atom. The van der Waals surface area contributed by atoms with Crippen LogP contribution in [0.15, 0.2) is 54.6 Å². The molecule has 3 aromatic carbocycles. The second kappa shape index (κ2) is 10.9. The number of benzene rings is 3. The van der Waals surface area contributed by atoms with E-state index in [1.165, 1.54) is 11.1 Å². The van der Waals surface area contributed by atoms with E-state index in [1.54, 1.807) is 21.3 Å². The summed E-state index contributed by atoms with van der Waals surface area (Å²) < 4.78 is 23.6. The van der Waals surface area contributed by atoms with E-state index < -0.39 is 0 Å². The van der Waals surface area contributed by atoms with E-state index in [-0.39, 0.29) is 12.1 Å². The highest BCUT2D eigenvalue weighted by atomic mass is 16.5. The molecule has 4 rings (SSSR count). The summed E-state index contributed by atoms with van der Waals surface area (Å²) in [5, 5.41) is 3.70. The molecule has 0 fully saturated rings. The molecule has 2 unspecified atom stereocenters. The number of nitrogens with zero attached hydrogens (tertiary/aromatic N) is 1. The van der Waals surface area contributed by atoms with E-state index >= 15 is 0 Å². The molecule has 0 saturated carbocycles. The fourth-order valence-corrected chi connectivity index (χ4v) is 4.69. The molecular formula is C29H36N2O4. The Bertz CT molecular complexity index is 1140. The van der Waals surface area contributed by atoms with Crippen LogP contribution in [0, 0.1) is 0 Å². The van der Waals surface area contributed by atoms with Crippen LogP contribution in [-0.2, 0) is 12.8 Å². The van der Waals surface area contributed by atoms with Gasteiger partial charge in [0.1, 0.15) is 11.9 Å². The third-order valence-electron chi connectivity index (χ3n) is 6.63. The SMILES string of the molecule is COc1ccc(CC2NCCc3cc(OC)c(OC)c(OC(C)c4cccc(N(C)C)c4)c32)cc1. The summed E-state index contributed by atoms with van der Waals surface area (Å²) in [4.78, 5) is 2.10. The lowest BCUT2D eigenvalue weighted by molar-refractivity contribution is 0.207. The molecule has 3 aromatic rings. The third-order valence-corrected chi connectivity index (χ3v) is 6.63. The van der Waals surface area contributed by atoms with Gasteiger partial charge in [-0.2, -0.15) is 0 Å². The number of ether oxygens (including phenoxy) is 4. The first-order chi connectivity index (χ1) is 16.9. The maximum atomic E-state index is 6.72. The number of hydrogen-bond acceptors (Lipinski definition) is 6. The van der Waals surface area contributed by atoms with E-state index in [2.05, 4.69) is 59.6 Å². The van der Waals surface area contributed by atoms with Crippen molar-refractivity contribution in [1.29, 1.82) is 0 Å². The standard InChI is InChI=1S/C29H36N2O4/c1-19(21-8-7-9-23(17-21)31(2)3)35-29-27-22(18-26(33-5)28(29)34-6)14-15-30-25(27)16-20-10-12-24(32-4)13-11-20/h7-13,17-19,25,30H,14-16H2,1-6H3. The largest absolute Gasteiger partial charge is 0.497 e. The van der Waals surface area contributed by atoms with Crippen LogP contribution in [0.3, 0.4) is 0 Å². The monoisotopic (exact) mass is 476 g/mol. The number of anilines is 1. The first kappa shape index (κ1) is 24.7. The molecule has 1 aliphatic heterocycles. The predicted molar refractivity (Wildman–Crippen MR) is 141 cm³/mol. The minimum atomic E-state index is -0.177. The van der Waals surface area contributed by atoms with E-state index in [1.807, 2.05) is 26.2 Å². The average Bonchev–Trinajstić information content (AvgIpc) is 2.88. The van der Waals surface area contributed by atoms with Gasteiger partial charge in [0, 0.05) is 31.4 Å². The Morgan fingerprint density at radius 3 is 2.37 bits per heavy atom. The second-order valence-corrected chi connectivity index (χ2v) is 9.07. The van der Waals surface area contributed by atoms with Gasteiger partial charge in [0.25, 0.3) is 0 Å². The molecule has 1 aliphatic rings. The highest BCUT2D eigenvalue weighted by Crippen LogP contribution is 2.48. The van der Waals surface area contributed by atoms with Crippen LogP contribution in [-0.4, -0.2) is 42.0 Å². The maximum absolute atomic E-state index is 6.72. The van der Waals surface area contributed by atoms with Crippen LogP contribution in [0.4, 0.5) is 5.69 Å². The van der Waals surface area contributed by atoms with Gasteiger partial charge in [-0.1, -0.05) is 24.3 Å². The van der Waals surface area contributed by atoms with Gasteiger partial charge >= 0.3 is 0 Å². The van der Waals surface area contributed by atoms with Crippen LogP contribution >= 0.6 is 0 Å². The summed E-state index contributed by atoms with van der Waals surface area (Å²) in [6.45, 7) is 2.97. The van der Waals surface area contributed by atoms with Gasteiger partial charge in [-0.3, -0.25) is 0 Å². The van der Waals surface area contributed by atoms with E-state index in [4.69, 9.17) is 18.9 Å². The molecule has 0 radical (unpaired) electrons. The van der Waals surface area contributed by atoms with Crippen molar-refractivity contribution in [2.75, 3.05) is 46.9 Å². The number of rotatable bonds is 9. The number of nitrogens with one attached hydrogen (secondary N) is 1. The Morgan fingerprint density at radius 2 is 1.71 bits per heavy atom. The number of hydrogen-bond donors (Lipinski definition) is 1. The molecule has 1 N–H and O–H groups in total. The van der Waals surface area contributed by atoms with Crippen LogP contribution in [0.5, 0.6) is 23.0 Å². The summed E-state index contributed by atoms with van der Waals surface area (Å²) >= 11 is 0. The summed E-state index contributed by atoms with van der Waals surface area (Å²) in [6, 6.07) is 18.9. The first-order valence-corrected chi connectivity index (χ1v) is 12.0. The topological polar surface area (TPSA) is 52.2 Å². The van der Waals surface area contributed by atoms with Gasteiger partial charge < -0.3 is 29.2 Å². The number of methoxy groups -OCH3 is 3. The molecule has 0 spiro atoms. The zero-order chi connectivity index (χ0) is 24.9. The van der Waals surface area contributed by atoms with Crippen molar-refractivity contribution in [2.24, 2.45) is 0 Å². The minimum absolute atomic E-state index is 0.0854. The van der Waals surface area contributed by atoms with Crippen molar-refractivity contribution in [2.45, 2.75) is 31.9 Å². The lowest BCUT2D eigenvalue weighted by Crippen LogP contribution is -2.32. The Kier molecular flexibility index (Phi) is 7.71. The van der Waals surface area contributed by atoms with Gasteiger partial charge in [0.05, 0.1) is 21.3 Å². The molecule has 0 amide bonds. The normalized spacial score (nSPS) is 15.7. The van der Waals surface area contributed by atoms with Gasteiger partial charge in [0.15, 0.2) is 11.5 Å². The van der Waals surface area contributed by atoms with Crippen LogP contribution in [0.25, 0.3) is 0 Å². The Hall–Kier alpha value is -3.38. The molecule has 35 heavy (non-hydrogen) atoms. The van der Waals surface area contributed by atoms with Crippen LogP contribution < -0.4 is 29.2 Å². The van der Waals surface area contributed by atoms with Gasteiger partial charge in [-0.25, -0.2) is 0 Å². The van der Waals surface area contributed by atoms with E-state index in [0.29, 0.717) is 11.5 Å². The average molecular weight is 477 g/mol. The molecule has 6 heteroatoms. The third kappa shape index (κ3) is 5.33. The van der Waals surface area contributed by atoms with Crippen molar-refractivity contribution >= 4 is 5.69 Å². The smallest absolute Gasteiger partial charge is 0.203 e. The molecule has 1 heterocycles. The van der Waals surface area contributed by atoms with Crippen LogP contribution in [0.2, 0.25) is 0 Å². The summed E-state index contributed by atoms with van der Waals surface area (Å²) in [5.41, 5.74) is 5.83. The Labute approximate surface area is 208 Å². The molecule has 0 bridgehead atoms. The van der Waals surface area contributed by atoms with Crippen molar-refractivity contribution in [3.05, 3.63) is 76.9 Å². The fourth-order valence-electron chi connectivity index (χ4n) is 4.69. The van der Waals surface area contributed by atoms with E-state index in [9.17, 15) is 0 Å².